The molecule has 0 amide bonds. The maximum atomic E-state index is 11.6. The summed E-state index contributed by atoms with van der Waals surface area (Å²) in [5.74, 6) is 1.19. The molecule has 2 heterocycles. The molecule has 1 aromatic carbocycles. The smallest absolute Gasteiger partial charge is 0.337 e. The first kappa shape index (κ1) is 15.7. The van der Waals surface area contributed by atoms with E-state index in [-0.39, 0.29) is 18.0 Å². The third kappa shape index (κ3) is 3.12. The molecule has 1 aliphatic heterocycles. The second-order valence-corrected chi connectivity index (χ2v) is 6.00. The summed E-state index contributed by atoms with van der Waals surface area (Å²) in [7, 11) is 1.35. The molecular weight excluding hydrogens is 296 g/mol. The average molecular weight is 316 g/mol. The van der Waals surface area contributed by atoms with Crippen LogP contribution >= 0.6 is 0 Å². The Bertz CT molecular complexity index is 695. The van der Waals surface area contributed by atoms with Gasteiger partial charge in [-0.05, 0) is 24.5 Å². The minimum Gasteiger partial charge on any atom is -0.465 e. The largest absolute Gasteiger partial charge is 0.465 e. The van der Waals surface area contributed by atoms with Crippen LogP contribution in [0.4, 0.5) is 0 Å². The highest BCUT2D eigenvalue weighted by Gasteiger charge is 2.35. The molecule has 6 nitrogen and oxygen atoms in total. The van der Waals surface area contributed by atoms with Crippen molar-refractivity contribution in [2.75, 3.05) is 13.7 Å². The number of methoxy groups -OCH3 is 1. The summed E-state index contributed by atoms with van der Waals surface area (Å²) in [6, 6.07) is 7.00. The van der Waals surface area contributed by atoms with Crippen LogP contribution in [0, 0.1) is 5.92 Å². The van der Waals surface area contributed by atoms with Crippen molar-refractivity contribution in [2.24, 2.45) is 5.92 Å². The fourth-order valence-corrected chi connectivity index (χ4v) is 2.94. The van der Waals surface area contributed by atoms with Crippen LogP contribution in [0.25, 0.3) is 11.4 Å². The van der Waals surface area contributed by atoms with Crippen molar-refractivity contribution in [1.82, 2.24) is 10.1 Å². The molecule has 0 N–H and O–H groups in total. The summed E-state index contributed by atoms with van der Waals surface area (Å²) >= 11 is 0. The van der Waals surface area contributed by atoms with Gasteiger partial charge in [-0.3, -0.25) is 0 Å². The lowest BCUT2D eigenvalue weighted by atomic mass is 9.93. The molecule has 3 rings (SSSR count). The van der Waals surface area contributed by atoms with Gasteiger partial charge in [-0.2, -0.15) is 4.98 Å². The molecule has 122 valence electrons. The van der Waals surface area contributed by atoms with Gasteiger partial charge in [-0.25, -0.2) is 4.79 Å². The summed E-state index contributed by atoms with van der Waals surface area (Å²) in [6.07, 6.45) is 0.983. The van der Waals surface area contributed by atoms with E-state index < -0.39 is 0 Å². The van der Waals surface area contributed by atoms with Crippen LogP contribution in [-0.2, 0) is 9.47 Å². The number of esters is 1. The Kier molecular flexibility index (Phi) is 4.43. The topological polar surface area (TPSA) is 74.5 Å². The third-order valence-corrected chi connectivity index (χ3v) is 4.09. The Hall–Kier alpha value is -2.21. The van der Waals surface area contributed by atoms with E-state index in [1.807, 2.05) is 6.07 Å². The predicted octanol–water partition coefficient (Wildman–Crippen LogP) is 3.05. The molecule has 0 spiro atoms. The normalized spacial score (nSPS) is 20.9. The van der Waals surface area contributed by atoms with Crippen molar-refractivity contribution in [3.8, 4) is 11.4 Å². The van der Waals surface area contributed by atoms with Gasteiger partial charge in [0.05, 0.1) is 24.7 Å². The van der Waals surface area contributed by atoms with Crippen molar-refractivity contribution in [1.29, 1.82) is 0 Å². The molecule has 1 saturated heterocycles. The highest BCUT2D eigenvalue weighted by molar-refractivity contribution is 5.90. The van der Waals surface area contributed by atoms with Crippen molar-refractivity contribution in [3.05, 3.63) is 35.7 Å². The van der Waals surface area contributed by atoms with E-state index in [1.54, 1.807) is 18.2 Å². The number of nitrogens with zero attached hydrogens (tertiary/aromatic N) is 2. The number of carbonyl (C=O) groups is 1. The predicted molar refractivity (Wildman–Crippen MR) is 83.0 cm³/mol. The molecule has 1 aliphatic rings. The highest BCUT2D eigenvalue weighted by atomic mass is 16.5. The third-order valence-electron chi connectivity index (χ3n) is 4.09. The number of aromatic nitrogens is 2. The van der Waals surface area contributed by atoms with Crippen LogP contribution in [0.15, 0.2) is 28.8 Å². The summed E-state index contributed by atoms with van der Waals surface area (Å²) < 4.78 is 16.0. The second kappa shape index (κ2) is 6.50. The number of benzene rings is 1. The van der Waals surface area contributed by atoms with Crippen molar-refractivity contribution < 1.29 is 18.8 Å². The van der Waals surface area contributed by atoms with Gasteiger partial charge in [-0.1, -0.05) is 31.1 Å². The maximum Gasteiger partial charge on any atom is 0.337 e. The van der Waals surface area contributed by atoms with E-state index in [9.17, 15) is 4.79 Å². The Balaban J connectivity index is 1.86. The number of rotatable bonds is 4. The fourth-order valence-electron chi connectivity index (χ4n) is 2.94. The summed E-state index contributed by atoms with van der Waals surface area (Å²) in [6.45, 7) is 4.96. The quantitative estimate of drug-likeness (QED) is 0.807. The van der Waals surface area contributed by atoms with Gasteiger partial charge in [0.15, 0.2) is 0 Å². The number of hydrogen-bond acceptors (Lipinski definition) is 6. The first-order valence-electron chi connectivity index (χ1n) is 7.74. The van der Waals surface area contributed by atoms with Crippen LogP contribution in [0.1, 0.15) is 42.4 Å². The van der Waals surface area contributed by atoms with E-state index in [2.05, 4.69) is 24.0 Å². The first-order chi connectivity index (χ1) is 11.1. The number of carbonyl (C=O) groups excluding carboxylic acids is 1. The van der Waals surface area contributed by atoms with Gasteiger partial charge in [-0.15, -0.1) is 0 Å². The highest BCUT2D eigenvalue weighted by Crippen LogP contribution is 2.35. The molecule has 1 aromatic heterocycles. The van der Waals surface area contributed by atoms with Crippen LogP contribution in [0.2, 0.25) is 0 Å². The van der Waals surface area contributed by atoms with Gasteiger partial charge in [0.25, 0.3) is 0 Å². The summed E-state index contributed by atoms with van der Waals surface area (Å²) in [5.41, 5.74) is 1.18. The lowest BCUT2D eigenvalue weighted by Gasteiger charge is -2.18. The Morgan fingerprint density at radius 3 is 2.96 bits per heavy atom. The zero-order valence-electron chi connectivity index (χ0n) is 13.5. The first-order valence-corrected chi connectivity index (χ1v) is 7.74. The zero-order chi connectivity index (χ0) is 16.4. The van der Waals surface area contributed by atoms with E-state index in [0.29, 0.717) is 29.8 Å². The standard InChI is InChI=1S/C17H20N2O4/c1-10(2)14-13(7-8-22-14)16-18-15(19-23-16)11-5-4-6-12(9-11)17(20)21-3/h4-6,9-10,13-14H,7-8H2,1-3H3. The van der Waals surface area contributed by atoms with Gasteiger partial charge >= 0.3 is 5.97 Å². The number of hydrogen-bond donors (Lipinski definition) is 0. The monoisotopic (exact) mass is 316 g/mol. The van der Waals surface area contributed by atoms with Crippen molar-refractivity contribution in [2.45, 2.75) is 32.3 Å². The lowest BCUT2D eigenvalue weighted by molar-refractivity contribution is 0.0600. The molecule has 2 aromatic rings. The maximum absolute atomic E-state index is 11.6. The van der Waals surface area contributed by atoms with E-state index in [0.717, 1.165) is 12.0 Å². The molecule has 0 saturated carbocycles. The van der Waals surface area contributed by atoms with E-state index in [1.165, 1.54) is 7.11 Å². The van der Waals surface area contributed by atoms with Gasteiger partial charge in [0.1, 0.15) is 0 Å². The van der Waals surface area contributed by atoms with Crippen LogP contribution in [0.5, 0.6) is 0 Å². The summed E-state index contributed by atoms with van der Waals surface area (Å²) in [5, 5.41) is 4.06. The fraction of sp³-hybridized carbons (Fsp3) is 0.471. The second-order valence-electron chi connectivity index (χ2n) is 6.00. The SMILES string of the molecule is COC(=O)c1cccc(-c2noc(C3CCOC3C(C)C)n2)c1. The minimum atomic E-state index is -0.389. The Morgan fingerprint density at radius 1 is 1.39 bits per heavy atom. The molecule has 0 aliphatic carbocycles. The van der Waals surface area contributed by atoms with Crippen LogP contribution in [-0.4, -0.2) is 35.9 Å². The molecule has 2 unspecified atom stereocenters. The van der Waals surface area contributed by atoms with Crippen LogP contribution < -0.4 is 0 Å². The number of ether oxygens (including phenoxy) is 2. The van der Waals surface area contributed by atoms with E-state index in [4.69, 9.17) is 14.0 Å². The average Bonchev–Trinajstić information content (AvgIpc) is 3.22. The Morgan fingerprint density at radius 2 is 2.22 bits per heavy atom. The summed E-state index contributed by atoms with van der Waals surface area (Å²) in [4.78, 5) is 16.1. The molecule has 0 radical (unpaired) electrons. The van der Waals surface area contributed by atoms with Gasteiger partial charge in [0.2, 0.25) is 11.7 Å². The van der Waals surface area contributed by atoms with Crippen molar-refractivity contribution >= 4 is 5.97 Å². The molecule has 6 heteroatoms. The zero-order valence-corrected chi connectivity index (χ0v) is 13.5. The molecular formula is C17H20N2O4. The molecule has 23 heavy (non-hydrogen) atoms. The van der Waals surface area contributed by atoms with E-state index >= 15 is 0 Å². The van der Waals surface area contributed by atoms with Crippen molar-refractivity contribution in [3.63, 3.8) is 0 Å². The van der Waals surface area contributed by atoms with Gasteiger partial charge in [0, 0.05) is 12.2 Å². The lowest BCUT2D eigenvalue weighted by Crippen LogP contribution is -2.21. The minimum absolute atomic E-state index is 0.102. The molecule has 0 bridgehead atoms. The van der Waals surface area contributed by atoms with Gasteiger partial charge < -0.3 is 14.0 Å². The molecule has 2 atom stereocenters. The van der Waals surface area contributed by atoms with Crippen LogP contribution in [0.3, 0.4) is 0 Å². The Labute approximate surface area is 134 Å². The molecule has 1 fully saturated rings.